The molecule has 0 N–H and O–H groups in total. The van der Waals surface area contributed by atoms with Crippen LogP contribution >= 0.6 is 0 Å². The summed E-state index contributed by atoms with van der Waals surface area (Å²) < 4.78 is 6.89. The standard InChI is InChI=1S/C18H12N2O2/c21-18(17-12-14-8-4-5-9-16(14)22-17)20-11-10-15(19-20)13-6-2-1-3-7-13/h1-12H. The molecule has 0 amide bonds. The third-order valence-electron chi connectivity index (χ3n) is 3.50. The molecule has 0 radical (unpaired) electrons. The van der Waals surface area contributed by atoms with Gasteiger partial charge in [0.2, 0.25) is 0 Å². The molecule has 2 heterocycles. The Kier molecular flexibility index (Phi) is 2.86. The molecular formula is C18H12N2O2. The van der Waals surface area contributed by atoms with Gasteiger partial charge in [-0.25, -0.2) is 4.68 Å². The molecule has 0 atom stereocenters. The number of fused-ring (bicyclic) bond motifs is 1. The van der Waals surface area contributed by atoms with E-state index in [4.69, 9.17) is 4.42 Å². The summed E-state index contributed by atoms with van der Waals surface area (Å²) in [5, 5.41) is 5.24. The van der Waals surface area contributed by atoms with E-state index in [9.17, 15) is 4.79 Å². The fourth-order valence-electron chi connectivity index (χ4n) is 2.40. The topological polar surface area (TPSA) is 48.0 Å². The van der Waals surface area contributed by atoms with Gasteiger partial charge < -0.3 is 4.42 Å². The van der Waals surface area contributed by atoms with Crippen molar-refractivity contribution in [1.29, 1.82) is 0 Å². The first-order chi connectivity index (χ1) is 10.8. The van der Waals surface area contributed by atoms with Crippen LogP contribution in [0.15, 0.2) is 77.3 Å². The van der Waals surface area contributed by atoms with Gasteiger partial charge in [0.25, 0.3) is 0 Å². The van der Waals surface area contributed by atoms with Crippen molar-refractivity contribution in [3.8, 4) is 11.3 Å². The minimum atomic E-state index is -0.279. The zero-order valence-corrected chi connectivity index (χ0v) is 11.6. The average Bonchev–Trinajstić information content (AvgIpc) is 3.22. The van der Waals surface area contributed by atoms with Crippen molar-refractivity contribution in [2.75, 3.05) is 0 Å². The first-order valence-corrected chi connectivity index (χ1v) is 6.96. The molecule has 2 aromatic heterocycles. The minimum Gasteiger partial charge on any atom is -0.451 e. The van der Waals surface area contributed by atoms with E-state index in [-0.39, 0.29) is 11.7 Å². The van der Waals surface area contributed by atoms with E-state index in [1.165, 1.54) is 4.68 Å². The lowest BCUT2D eigenvalue weighted by atomic mass is 10.2. The van der Waals surface area contributed by atoms with Crippen molar-refractivity contribution in [2.45, 2.75) is 0 Å². The summed E-state index contributed by atoms with van der Waals surface area (Å²) in [4.78, 5) is 12.5. The van der Waals surface area contributed by atoms with Crippen molar-refractivity contribution >= 4 is 16.9 Å². The van der Waals surface area contributed by atoms with E-state index in [2.05, 4.69) is 5.10 Å². The number of rotatable bonds is 2. The van der Waals surface area contributed by atoms with Crippen LogP contribution in [0.1, 0.15) is 10.6 Å². The fraction of sp³-hybridized carbons (Fsp3) is 0. The summed E-state index contributed by atoms with van der Waals surface area (Å²) in [7, 11) is 0. The van der Waals surface area contributed by atoms with E-state index in [1.807, 2.05) is 60.7 Å². The zero-order valence-electron chi connectivity index (χ0n) is 11.6. The van der Waals surface area contributed by atoms with Gasteiger partial charge in [0.1, 0.15) is 5.58 Å². The molecule has 0 fully saturated rings. The van der Waals surface area contributed by atoms with E-state index in [0.29, 0.717) is 5.58 Å². The second kappa shape index (κ2) is 5.00. The summed E-state index contributed by atoms with van der Waals surface area (Å²) in [5.41, 5.74) is 2.42. The molecule has 0 spiro atoms. The molecular weight excluding hydrogens is 276 g/mol. The van der Waals surface area contributed by atoms with Crippen LogP contribution in [-0.2, 0) is 0 Å². The normalized spacial score (nSPS) is 10.9. The highest BCUT2D eigenvalue weighted by atomic mass is 16.3. The average molecular weight is 288 g/mol. The van der Waals surface area contributed by atoms with Crippen LogP contribution in [0.25, 0.3) is 22.2 Å². The summed E-state index contributed by atoms with van der Waals surface area (Å²) >= 11 is 0. The van der Waals surface area contributed by atoms with Crippen molar-refractivity contribution in [2.24, 2.45) is 0 Å². The molecule has 0 saturated carbocycles. The number of aromatic nitrogens is 2. The van der Waals surface area contributed by atoms with Gasteiger partial charge in [-0.05, 0) is 18.2 Å². The molecule has 0 saturated heterocycles. The van der Waals surface area contributed by atoms with E-state index in [0.717, 1.165) is 16.6 Å². The van der Waals surface area contributed by atoms with Crippen LogP contribution in [0.4, 0.5) is 0 Å². The summed E-state index contributed by atoms with van der Waals surface area (Å²) in [6, 6.07) is 20.8. The smallest absolute Gasteiger partial charge is 0.313 e. The molecule has 0 aliphatic rings. The first-order valence-electron chi connectivity index (χ1n) is 6.96. The summed E-state index contributed by atoms with van der Waals surface area (Å²) in [6.45, 7) is 0. The van der Waals surface area contributed by atoms with Gasteiger partial charge in [0.15, 0.2) is 5.76 Å². The Labute approximate surface area is 126 Å². The predicted molar refractivity (Wildman–Crippen MR) is 83.6 cm³/mol. The molecule has 0 bridgehead atoms. The van der Waals surface area contributed by atoms with E-state index in [1.54, 1.807) is 12.3 Å². The Hall–Kier alpha value is -3.14. The molecule has 0 aliphatic carbocycles. The van der Waals surface area contributed by atoms with Crippen LogP contribution in [0.5, 0.6) is 0 Å². The zero-order chi connectivity index (χ0) is 14.9. The predicted octanol–water partition coefficient (Wildman–Crippen LogP) is 3.98. The van der Waals surface area contributed by atoms with Crippen LogP contribution in [0, 0.1) is 0 Å². The number of carbonyl (C=O) groups is 1. The van der Waals surface area contributed by atoms with Gasteiger partial charge in [-0.1, -0.05) is 48.5 Å². The van der Waals surface area contributed by atoms with Crippen LogP contribution in [-0.4, -0.2) is 15.7 Å². The number of para-hydroxylation sites is 1. The molecule has 0 unspecified atom stereocenters. The number of benzene rings is 2. The quantitative estimate of drug-likeness (QED) is 0.560. The molecule has 4 aromatic rings. The lowest BCUT2D eigenvalue weighted by Gasteiger charge is -1.97. The molecule has 4 rings (SSSR count). The van der Waals surface area contributed by atoms with Crippen molar-refractivity contribution in [3.05, 3.63) is 78.7 Å². The number of hydrogen-bond donors (Lipinski definition) is 0. The Bertz CT molecular complexity index is 918. The van der Waals surface area contributed by atoms with Crippen molar-refractivity contribution in [1.82, 2.24) is 9.78 Å². The maximum Gasteiger partial charge on any atom is 0.313 e. The maximum atomic E-state index is 12.5. The van der Waals surface area contributed by atoms with Crippen LogP contribution in [0.3, 0.4) is 0 Å². The summed E-state index contributed by atoms with van der Waals surface area (Å²) in [5.74, 6) is 0.00212. The van der Waals surface area contributed by atoms with Gasteiger partial charge in [0.05, 0.1) is 5.69 Å². The van der Waals surface area contributed by atoms with E-state index < -0.39 is 0 Å². The molecule has 22 heavy (non-hydrogen) atoms. The largest absolute Gasteiger partial charge is 0.451 e. The molecule has 106 valence electrons. The fourth-order valence-corrected chi connectivity index (χ4v) is 2.40. The van der Waals surface area contributed by atoms with Gasteiger partial charge in [0, 0.05) is 17.1 Å². The molecule has 4 heteroatoms. The van der Waals surface area contributed by atoms with Gasteiger partial charge in [-0.3, -0.25) is 4.79 Å². The third-order valence-corrected chi connectivity index (χ3v) is 3.50. The van der Waals surface area contributed by atoms with Gasteiger partial charge in [-0.2, -0.15) is 5.10 Å². The monoisotopic (exact) mass is 288 g/mol. The van der Waals surface area contributed by atoms with Crippen molar-refractivity contribution in [3.63, 3.8) is 0 Å². The number of furan rings is 1. The van der Waals surface area contributed by atoms with Gasteiger partial charge in [-0.15, -0.1) is 0 Å². The second-order valence-corrected chi connectivity index (χ2v) is 4.97. The highest BCUT2D eigenvalue weighted by molar-refractivity contribution is 5.97. The molecule has 0 aliphatic heterocycles. The lowest BCUT2D eigenvalue weighted by Crippen LogP contribution is -2.11. The Morgan fingerprint density at radius 2 is 1.73 bits per heavy atom. The van der Waals surface area contributed by atoms with Gasteiger partial charge >= 0.3 is 5.91 Å². The maximum absolute atomic E-state index is 12.5. The third kappa shape index (κ3) is 2.11. The number of carbonyl (C=O) groups excluding carboxylic acids is 1. The lowest BCUT2D eigenvalue weighted by molar-refractivity contribution is 0.0919. The van der Waals surface area contributed by atoms with Crippen LogP contribution < -0.4 is 0 Å². The minimum absolute atomic E-state index is 0.279. The second-order valence-electron chi connectivity index (χ2n) is 4.97. The van der Waals surface area contributed by atoms with Crippen molar-refractivity contribution < 1.29 is 9.21 Å². The SMILES string of the molecule is O=C(c1cc2ccccc2o1)n1ccc(-c2ccccc2)n1. The summed E-state index contributed by atoms with van der Waals surface area (Å²) in [6.07, 6.45) is 1.65. The number of hydrogen-bond acceptors (Lipinski definition) is 3. The molecule has 2 aromatic carbocycles. The molecule has 4 nitrogen and oxygen atoms in total. The van der Waals surface area contributed by atoms with Crippen LogP contribution in [0.2, 0.25) is 0 Å². The highest BCUT2D eigenvalue weighted by Crippen LogP contribution is 2.21. The highest BCUT2D eigenvalue weighted by Gasteiger charge is 2.15. The first kappa shape index (κ1) is 12.6. The van der Waals surface area contributed by atoms with E-state index >= 15 is 0 Å². The Morgan fingerprint density at radius 3 is 2.55 bits per heavy atom. The number of nitrogens with zero attached hydrogens (tertiary/aromatic N) is 2. The Balaban J connectivity index is 1.70. The Morgan fingerprint density at radius 1 is 0.955 bits per heavy atom.